The van der Waals surface area contributed by atoms with Gasteiger partial charge >= 0.3 is 89.6 Å². The van der Waals surface area contributed by atoms with Crippen LogP contribution in [0.15, 0.2) is 0 Å². The van der Waals surface area contributed by atoms with E-state index in [1.807, 2.05) is 0 Å². The van der Waals surface area contributed by atoms with Crippen LogP contribution >= 0.6 is 33.1 Å². The number of halogens is 5. The van der Waals surface area contributed by atoms with Gasteiger partial charge in [-0.2, -0.15) is 0 Å². The minimum absolute atomic E-state index is 0.931. The Morgan fingerprint density at radius 2 is 1.00 bits per heavy atom. The Labute approximate surface area is 86.6 Å². The van der Waals surface area contributed by atoms with Crippen LogP contribution in [0.25, 0.3) is 0 Å². The first-order valence-electron chi connectivity index (χ1n) is 1.19. The van der Waals surface area contributed by atoms with Crippen LogP contribution in [-0.4, -0.2) is 30.8 Å². The van der Waals surface area contributed by atoms with Gasteiger partial charge in [-0.1, -0.05) is 0 Å². The molecule has 0 aliphatic rings. The summed E-state index contributed by atoms with van der Waals surface area (Å²) in [5.74, 6) is 0. The number of hydrogen-bond acceptors (Lipinski definition) is 0. The number of rotatable bonds is 0. The molecule has 0 aromatic rings. The molecule has 0 aromatic heterocycles. The molecule has 40 valence electrons. The van der Waals surface area contributed by atoms with Gasteiger partial charge in [-0.15, -0.1) is 0 Å². The maximum absolute atomic E-state index is 5.03. The van der Waals surface area contributed by atoms with Crippen molar-refractivity contribution < 1.29 is 25.7 Å². The molecule has 0 N–H and O–H groups in total. The Balaban J connectivity index is 0. The van der Waals surface area contributed by atoms with Crippen LogP contribution < -0.4 is 0 Å². The van der Waals surface area contributed by atoms with Gasteiger partial charge in [0.2, 0.25) is 0 Å². The van der Waals surface area contributed by atoms with Gasteiger partial charge in [0.1, 0.15) is 0 Å². The summed E-state index contributed by atoms with van der Waals surface area (Å²) in [6.07, 6.45) is 9.90. The van der Waals surface area contributed by atoms with E-state index in [0.717, 1.165) is 0 Å². The molecule has 7 heteroatoms. The Bertz CT molecular complexity index is 19.3. The molecule has 7 heavy (non-hydrogen) atoms. The van der Waals surface area contributed by atoms with Gasteiger partial charge in [-0.25, -0.2) is 0 Å². The van der Waals surface area contributed by atoms with Crippen molar-refractivity contribution in [1.82, 2.24) is 0 Å². The van der Waals surface area contributed by atoms with Crippen molar-refractivity contribution in [2.75, 3.05) is 0 Å². The van der Waals surface area contributed by atoms with Crippen LogP contribution in [0.2, 0.25) is 0 Å². The first-order valence-corrected chi connectivity index (χ1v) is 20.9. The molecule has 0 spiro atoms. The van der Waals surface area contributed by atoms with Crippen LogP contribution in [-0.2, 0) is 0 Å². The van der Waals surface area contributed by atoms with Crippen molar-refractivity contribution in [2.45, 2.75) is 0 Å². The second-order valence-electron chi connectivity index (χ2n) is 0.348. The Morgan fingerprint density at radius 1 is 1.00 bits per heavy atom. The van der Waals surface area contributed by atoms with Crippen LogP contribution in [0, 0.1) is 25.7 Å². The Kier molecular flexibility index (Phi) is 24.2. The molecule has 0 amide bonds. The standard InChI is InChI=1S/Ca.5ClH.La/h;5*1H;/q+2;;;;;;+3/p-5. The fraction of sp³-hybridized carbons (Fsp3) is 0. The van der Waals surface area contributed by atoms with Crippen LogP contribution in [0.1, 0.15) is 0 Å². The zero-order valence-electron chi connectivity index (χ0n) is 3.17. The zero-order chi connectivity index (χ0) is 6.28. The fourth-order valence-electron chi connectivity index (χ4n) is 0. The van der Waals surface area contributed by atoms with Gasteiger partial charge < -0.3 is 0 Å². The van der Waals surface area contributed by atoms with Crippen LogP contribution in [0.3, 0.4) is 0 Å². The monoisotopic (exact) mass is 354 g/mol. The van der Waals surface area contributed by atoms with E-state index < -0.39 is 56.5 Å². The molecule has 0 radical (unpaired) electrons. The SMILES string of the molecule is [Cl][Ca][Cl].[Cl][La]([Cl])[Cl]. The van der Waals surface area contributed by atoms with Gasteiger partial charge in [0.05, 0.1) is 0 Å². The molecule has 0 unspecified atom stereocenters. The molecular formula is CaCl5La. The first-order chi connectivity index (χ1) is 3.15. The van der Waals surface area contributed by atoms with Gasteiger partial charge in [-0.05, 0) is 0 Å². The fourth-order valence-corrected chi connectivity index (χ4v) is 0. The molecule has 0 rings (SSSR count). The molecular weight excluding hydrogens is 356 g/mol. The van der Waals surface area contributed by atoms with Crippen molar-refractivity contribution in [3.05, 3.63) is 0 Å². The molecule has 0 fully saturated rings. The molecule has 0 heterocycles. The van der Waals surface area contributed by atoms with Gasteiger partial charge in [0.25, 0.3) is 0 Å². The summed E-state index contributed by atoms with van der Waals surface area (Å²) in [7, 11) is 0. The topological polar surface area (TPSA) is 0 Å². The summed E-state index contributed by atoms with van der Waals surface area (Å²) >= 11 is -3.24. The van der Waals surface area contributed by atoms with E-state index in [0.29, 0.717) is 0 Å². The van der Waals surface area contributed by atoms with Gasteiger partial charge in [-0.3, -0.25) is 0 Å². The van der Waals surface area contributed by atoms with Gasteiger partial charge in [0, 0.05) is 0 Å². The number of hydrogen-bond donors (Lipinski definition) is 0. The van der Waals surface area contributed by atoms with Crippen molar-refractivity contribution in [2.24, 2.45) is 0 Å². The quantitative estimate of drug-likeness (QED) is 0.586. The third-order valence-corrected chi connectivity index (χ3v) is 0. The second-order valence-corrected chi connectivity index (χ2v) is 20.0. The van der Waals surface area contributed by atoms with E-state index in [1.54, 1.807) is 0 Å². The predicted molar refractivity (Wildman–Crippen MR) is 35.0 cm³/mol. The third-order valence-electron chi connectivity index (χ3n) is 0. The normalized spacial score (nSPS) is 5.29. The average molecular weight is 356 g/mol. The molecule has 0 nitrogen and oxygen atoms in total. The Morgan fingerprint density at radius 3 is 1.00 bits per heavy atom. The molecule has 0 aliphatic heterocycles. The summed E-state index contributed by atoms with van der Waals surface area (Å²) < 4.78 is 0. The van der Waals surface area contributed by atoms with E-state index in [9.17, 15) is 0 Å². The Hall–Kier alpha value is 3.90. The molecule has 0 bridgehead atoms. The average Bonchev–Trinajstić information content (AvgIpc) is 1.33. The van der Waals surface area contributed by atoms with E-state index in [4.69, 9.17) is 33.1 Å². The predicted octanol–water partition coefficient (Wildman–Crippen LogP) is 3.07. The summed E-state index contributed by atoms with van der Waals surface area (Å²) in [4.78, 5) is 0. The summed E-state index contributed by atoms with van der Waals surface area (Å²) in [6.45, 7) is 15.1. The van der Waals surface area contributed by atoms with Gasteiger partial charge in [0.15, 0.2) is 0 Å². The third kappa shape index (κ3) is 40.6. The first kappa shape index (κ1) is 13.5. The van der Waals surface area contributed by atoms with Crippen LogP contribution in [0.4, 0.5) is 0 Å². The van der Waals surface area contributed by atoms with E-state index >= 15 is 0 Å². The summed E-state index contributed by atoms with van der Waals surface area (Å²) in [5.41, 5.74) is 0. The van der Waals surface area contributed by atoms with Crippen molar-refractivity contribution >= 4 is 64.0 Å². The van der Waals surface area contributed by atoms with Crippen molar-refractivity contribution in [3.63, 3.8) is 0 Å². The molecule has 0 saturated carbocycles. The zero-order valence-corrected chi connectivity index (χ0v) is 12.8. The minimum atomic E-state index is -2.31. The summed E-state index contributed by atoms with van der Waals surface area (Å²) in [5, 5.41) is 0. The van der Waals surface area contributed by atoms with E-state index in [2.05, 4.69) is 0 Å². The molecule has 0 aliphatic carbocycles. The van der Waals surface area contributed by atoms with E-state index in [1.165, 1.54) is 0 Å². The summed E-state index contributed by atoms with van der Waals surface area (Å²) in [6, 6.07) is 0. The second kappa shape index (κ2) is 12.6. The molecule has 0 atom stereocenters. The maximum atomic E-state index is 5.03. The molecule has 0 aromatic carbocycles. The van der Waals surface area contributed by atoms with Crippen molar-refractivity contribution in [3.8, 4) is 0 Å². The van der Waals surface area contributed by atoms with E-state index in [-0.39, 0.29) is 0 Å². The van der Waals surface area contributed by atoms with Crippen molar-refractivity contribution in [1.29, 1.82) is 0 Å². The van der Waals surface area contributed by atoms with Crippen LogP contribution in [0.5, 0.6) is 0 Å². The molecule has 0 saturated heterocycles.